The zero-order valence-corrected chi connectivity index (χ0v) is 9.74. The van der Waals surface area contributed by atoms with Crippen molar-refractivity contribution in [3.63, 3.8) is 0 Å². The molecule has 1 unspecified atom stereocenters. The Morgan fingerprint density at radius 3 is 2.94 bits per heavy atom. The topological polar surface area (TPSA) is 15.3 Å². The molecule has 1 aromatic rings. The van der Waals surface area contributed by atoms with Crippen LogP contribution in [0.2, 0.25) is 0 Å². The van der Waals surface area contributed by atoms with Gasteiger partial charge in [0.15, 0.2) is 0 Å². The molecule has 1 saturated heterocycles. The number of rotatable bonds is 2. The van der Waals surface area contributed by atoms with Gasteiger partial charge in [-0.2, -0.15) is 0 Å². The summed E-state index contributed by atoms with van der Waals surface area (Å²) in [6, 6.07) is 11.1. The van der Waals surface area contributed by atoms with Crippen LogP contribution in [0.25, 0.3) is 0 Å². The summed E-state index contributed by atoms with van der Waals surface area (Å²) in [6.45, 7) is 5.99. The maximum atomic E-state index is 3.55. The van der Waals surface area contributed by atoms with E-state index >= 15 is 0 Å². The number of nitrogens with one attached hydrogen (secondary N) is 1. The van der Waals surface area contributed by atoms with Crippen molar-refractivity contribution >= 4 is 0 Å². The van der Waals surface area contributed by atoms with Gasteiger partial charge in [-0.15, -0.1) is 5.92 Å². The lowest BCUT2D eigenvalue weighted by atomic mass is 10.0. The molecule has 0 spiro atoms. The van der Waals surface area contributed by atoms with E-state index < -0.39 is 0 Å². The fraction of sp³-hybridized carbons (Fsp3) is 0.429. The monoisotopic (exact) mass is 214 g/mol. The Hall–Kier alpha value is -1.30. The zero-order valence-electron chi connectivity index (χ0n) is 9.74. The van der Waals surface area contributed by atoms with E-state index in [4.69, 9.17) is 0 Å². The van der Waals surface area contributed by atoms with Crippen LogP contribution in [0.3, 0.4) is 0 Å². The van der Waals surface area contributed by atoms with Gasteiger partial charge in [-0.3, -0.25) is 4.90 Å². The molecule has 1 heterocycles. The van der Waals surface area contributed by atoms with Gasteiger partial charge in [0.25, 0.3) is 0 Å². The summed E-state index contributed by atoms with van der Waals surface area (Å²) >= 11 is 0. The quantitative estimate of drug-likeness (QED) is 0.753. The van der Waals surface area contributed by atoms with E-state index in [1.807, 2.05) is 6.92 Å². The molecule has 0 aliphatic carbocycles. The van der Waals surface area contributed by atoms with Crippen molar-refractivity contribution in [2.24, 2.45) is 0 Å². The maximum absolute atomic E-state index is 3.55. The molecule has 0 radical (unpaired) electrons. The third kappa shape index (κ3) is 2.85. The van der Waals surface area contributed by atoms with Crippen molar-refractivity contribution in [3.05, 3.63) is 35.9 Å². The van der Waals surface area contributed by atoms with Crippen molar-refractivity contribution < 1.29 is 0 Å². The lowest BCUT2D eigenvalue weighted by Crippen LogP contribution is -2.45. The number of hydrogen-bond acceptors (Lipinski definition) is 2. The third-order valence-electron chi connectivity index (χ3n) is 2.94. The highest BCUT2D eigenvalue weighted by Crippen LogP contribution is 2.16. The van der Waals surface area contributed by atoms with Crippen LogP contribution in [-0.2, 0) is 0 Å². The fourth-order valence-corrected chi connectivity index (χ4v) is 2.05. The lowest BCUT2D eigenvalue weighted by Gasteiger charge is -2.32. The van der Waals surface area contributed by atoms with Crippen LogP contribution >= 0.6 is 0 Å². The molecule has 1 aliphatic rings. The third-order valence-corrected chi connectivity index (χ3v) is 2.94. The molecule has 84 valence electrons. The lowest BCUT2D eigenvalue weighted by molar-refractivity contribution is 0.222. The fourth-order valence-electron chi connectivity index (χ4n) is 2.05. The van der Waals surface area contributed by atoms with Crippen molar-refractivity contribution in [2.75, 3.05) is 26.2 Å². The molecule has 16 heavy (non-hydrogen) atoms. The van der Waals surface area contributed by atoms with Crippen molar-refractivity contribution in [1.82, 2.24) is 10.2 Å². The Morgan fingerprint density at radius 2 is 2.19 bits per heavy atom. The van der Waals surface area contributed by atoms with Crippen LogP contribution in [0.4, 0.5) is 0 Å². The van der Waals surface area contributed by atoms with Gasteiger partial charge >= 0.3 is 0 Å². The zero-order chi connectivity index (χ0) is 11.2. The summed E-state index contributed by atoms with van der Waals surface area (Å²) in [5.74, 6) is 6.10. The number of piperazine rings is 1. The summed E-state index contributed by atoms with van der Waals surface area (Å²) in [5.41, 5.74) is 1.37. The average molecular weight is 214 g/mol. The van der Waals surface area contributed by atoms with Crippen LogP contribution in [0.15, 0.2) is 30.3 Å². The molecule has 1 N–H and O–H groups in total. The summed E-state index contributed by atoms with van der Waals surface area (Å²) in [5, 5.41) is 3.55. The highest BCUT2D eigenvalue weighted by molar-refractivity contribution is 5.20. The molecule has 1 aliphatic heterocycles. The minimum Gasteiger partial charge on any atom is -0.308 e. The van der Waals surface area contributed by atoms with Gasteiger partial charge in [-0.05, 0) is 12.5 Å². The van der Waals surface area contributed by atoms with Crippen LogP contribution in [0, 0.1) is 11.8 Å². The van der Waals surface area contributed by atoms with Crippen molar-refractivity contribution in [1.29, 1.82) is 0 Å². The van der Waals surface area contributed by atoms with E-state index in [1.54, 1.807) is 0 Å². The minimum atomic E-state index is 0.452. The molecular formula is C14H18N2. The van der Waals surface area contributed by atoms with Gasteiger partial charge < -0.3 is 5.32 Å². The summed E-state index contributed by atoms with van der Waals surface area (Å²) in [7, 11) is 0. The predicted octanol–water partition coefficient (Wildman–Crippen LogP) is 1.66. The Morgan fingerprint density at radius 1 is 1.38 bits per heavy atom. The molecule has 2 nitrogen and oxygen atoms in total. The number of benzene rings is 1. The highest BCUT2D eigenvalue weighted by Gasteiger charge is 2.19. The Kier molecular flexibility index (Phi) is 3.98. The molecule has 0 saturated carbocycles. The normalized spacial score (nSPS) is 21.2. The van der Waals surface area contributed by atoms with E-state index in [2.05, 4.69) is 52.4 Å². The van der Waals surface area contributed by atoms with E-state index in [0.717, 1.165) is 26.2 Å². The van der Waals surface area contributed by atoms with Gasteiger partial charge in [-0.1, -0.05) is 36.3 Å². The first-order valence-corrected chi connectivity index (χ1v) is 5.80. The second-order valence-corrected chi connectivity index (χ2v) is 4.08. The van der Waals surface area contributed by atoms with Gasteiger partial charge in [0.1, 0.15) is 0 Å². The molecule has 0 amide bonds. The maximum Gasteiger partial charge on any atom is 0.0602 e. The SMILES string of the molecule is CC#CCN1CCNC(c2ccccc2)C1. The Labute approximate surface area is 97.7 Å². The second kappa shape index (κ2) is 5.69. The minimum absolute atomic E-state index is 0.452. The van der Waals surface area contributed by atoms with E-state index in [0.29, 0.717) is 6.04 Å². The summed E-state index contributed by atoms with van der Waals surface area (Å²) in [6.07, 6.45) is 0. The molecule has 0 aromatic heterocycles. The highest BCUT2D eigenvalue weighted by atomic mass is 15.2. The predicted molar refractivity (Wildman–Crippen MR) is 67.1 cm³/mol. The summed E-state index contributed by atoms with van der Waals surface area (Å²) < 4.78 is 0. The largest absolute Gasteiger partial charge is 0.308 e. The van der Waals surface area contributed by atoms with Crippen LogP contribution in [0.1, 0.15) is 18.5 Å². The van der Waals surface area contributed by atoms with E-state index in [1.165, 1.54) is 5.56 Å². The molecule has 2 heteroatoms. The van der Waals surface area contributed by atoms with Crippen molar-refractivity contribution in [2.45, 2.75) is 13.0 Å². The van der Waals surface area contributed by atoms with Gasteiger partial charge in [0.2, 0.25) is 0 Å². The summed E-state index contributed by atoms with van der Waals surface area (Å²) in [4.78, 5) is 2.41. The molecule has 1 fully saturated rings. The Bertz CT molecular complexity index is 375. The molecular weight excluding hydrogens is 196 g/mol. The first kappa shape index (κ1) is 11.2. The number of nitrogens with zero attached hydrogens (tertiary/aromatic N) is 1. The van der Waals surface area contributed by atoms with Crippen LogP contribution in [-0.4, -0.2) is 31.1 Å². The Balaban J connectivity index is 1.98. The second-order valence-electron chi connectivity index (χ2n) is 4.08. The van der Waals surface area contributed by atoms with Gasteiger partial charge in [-0.25, -0.2) is 0 Å². The molecule has 1 aromatic carbocycles. The number of hydrogen-bond donors (Lipinski definition) is 1. The van der Waals surface area contributed by atoms with Crippen LogP contribution in [0.5, 0.6) is 0 Å². The van der Waals surface area contributed by atoms with Crippen LogP contribution < -0.4 is 5.32 Å². The average Bonchev–Trinajstić information content (AvgIpc) is 2.38. The van der Waals surface area contributed by atoms with Gasteiger partial charge in [0.05, 0.1) is 6.54 Å². The van der Waals surface area contributed by atoms with Crippen molar-refractivity contribution in [3.8, 4) is 11.8 Å². The van der Waals surface area contributed by atoms with E-state index in [-0.39, 0.29) is 0 Å². The standard InChI is InChI=1S/C14H18N2/c1-2-3-10-16-11-9-15-14(12-16)13-7-5-4-6-8-13/h4-8,14-15H,9-12H2,1H3. The molecule has 0 bridgehead atoms. The van der Waals surface area contributed by atoms with Gasteiger partial charge in [0, 0.05) is 25.7 Å². The first-order valence-electron chi connectivity index (χ1n) is 5.80. The van der Waals surface area contributed by atoms with E-state index in [9.17, 15) is 0 Å². The molecule has 1 atom stereocenters. The smallest absolute Gasteiger partial charge is 0.0602 e. The first-order chi connectivity index (χ1) is 7.90. The molecule has 2 rings (SSSR count).